The van der Waals surface area contributed by atoms with Crippen LogP contribution in [0.25, 0.3) is 6.08 Å². The number of thiazole rings is 1. The van der Waals surface area contributed by atoms with E-state index in [2.05, 4.69) is 10.1 Å². The summed E-state index contributed by atoms with van der Waals surface area (Å²) in [4.78, 5) is 31.3. The summed E-state index contributed by atoms with van der Waals surface area (Å²) in [5, 5.41) is 4.45. The normalized spacial score (nSPS) is 16.0. The minimum atomic E-state index is -0.647. The van der Waals surface area contributed by atoms with Crippen molar-refractivity contribution in [3.63, 3.8) is 0 Å². The van der Waals surface area contributed by atoms with E-state index >= 15 is 0 Å². The largest absolute Gasteiger partial charge is 0.497 e. The van der Waals surface area contributed by atoms with Crippen LogP contribution < -0.4 is 19.6 Å². The van der Waals surface area contributed by atoms with E-state index in [4.69, 9.17) is 9.47 Å². The number of aromatic nitrogens is 3. The first-order chi connectivity index (χ1) is 15.4. The summed E-state index contributed by atoms with van der Waals surface area (Å²) in [6, 6.07) is 6.65. The molecule has 0 bridgehead atoms. The fourth-order valence-corrected chi connectivity index (χ4v) is 4.81. The van der Waals surface area contributed by atoms with Crippen molar-refractivity contribution in [1.29, 1.82) is 0 Å². The third-order valence-corrected chi connectivity index (χ3v) is 6.44. The molecule has 0 saturated carbocycles. The van der Waals surface area contributed by atoms with Crippen LogP contribution in [-0.2, 0) is 16.1 Å². The third kappa shape index (κ3) is 3.69. The van der Waals surface area contributed by atoms with Crippen LogP contribution in [0.5, 0.6) is 5.75 Å². The van der Waals surface area contributed by atoms with Crippen LogP contribution in [0.3, 0.4) is 0 Å². The molecule has 0 spiro atoms. The van der Waals surface area contributed by atoms with Crippen LogP contribution in [0.2, 0.25) is 0 Å². The molecule has 1 atom stereocenters. The smallest absolute Gasteiger partial charge is 0.338 e. The molecule has 0 unspecified atom stereocenters. The first-order valence-corrected chi connectivity index (χ1v) is 11.0. The second-order valence-electron chi connectivity index (χ2n) is 7.37. The highest BCUT2D eigenvalue weighted by Crippen LogP contribution is 2.31. The summed E-state index contributed by atoms with van der Waals surface area (Å²) < 4.78 is 14.2. The molecule has 166 valence electrons. The second-order valence-corrected chi connectivity index (χ2v) is 8.38. The van der Waals surface area contributed by atoms with Crippen molar-refractivity contribution in [2.24, 2.45) is 4.99 Å². The van der Waals surface area contributed by atoms with Gasteiger partial charge >= 0.3 is 5.97 Å². The Morgan fingerprint density at radius 1 is 1.22 bits per heavy atom. The molecule has 3 heterocycles. The third-order valence-electron chi connectivity index (χ3n) is 5.45. The number of benzene rings is 1. The molecule has 0 amide bonds. The van der Waals surface area contributed by atoms with Gasteiger partial charge in [-0.1, -0.05) is 23.5 Å². The van der Waals surface area contributed by atoms with Crippen molar-refractivity contribution < 1.29 is 14.3 Å². The number of fused-ring (bicyclic) bond motifs is 1. The molecule has 0 aliphatic carbocycles. The van der Waals surface area contributed by atoms with E-state index in [0.29, 0.717) is 26.4 Å². The van der Waals surface area contributed by atoms with Gasteiger partial charge in [0.15, 0.2) is 4.80 Å². The predicted molar refractivity (Wildman–Crippen MR) is 121 cm³/mol. The van der Waals surface area contributed by atoms with Gasteiger partial charge in [0.25, 0.3) is 5.56 Å². The van der Waals surface area contributed by atoms with Crippen LogP contribution in [0.15, 0.2) is 51.5 Å². The van der Waals surface area contributed by atoms with Crippen molar-refractivity contribution in [3.8, 4) is 5.75 Å². The van der Waals surface area contributed by atoms with Gasteiger partial charge in [-0.15, -0.1) is 0 Å². The van der Waals surface area contributed by atoms with Gasteiger partial charge in [0.05, 0.1) is 41.8 Å². The Labute approximate surface area is 188 Å². The fourth-order valence-electron chi connectivity index (χ4n) is 3.77. The molecule has 0 fully saturated rings. The zero-order valence-corrected chi connectivity index (χ0v) is 19.4. The first-order valence-electron chi connectivity index (χ1n) is 10.2. The number of esters is 1. The van der Waals surface area contributed by atoms with Crippen molar-refractivity contribution >= 4 is 23.4 Å². The van der Waals surface area contributed by atoms with E-state index in [1.807, 2.05) is 42.9 Å². The number of nitrogens with zero attached hydrogens (tertiary/aromatic N) is 4. The summed E-state index contributed by atoms with van der Waals surface area (Å²) in [6.07, 6.45) is 3.75. The maximum absolute atomic E-state index is 13.5. The molecule has 0 radical (unpaired) electrons. The molecule has 32 heavy (non-hydrogen) atoms. The topological polar surface area (TPSA) is 87.7 Å². The molecule has 9 heteroatoms. The molecule has 1 aromatic carbocycles. The van der Waals surface area contributed by atoms with Crippen LogP contribution in [0.1, 0.15) is 36.7 Å². The fraction of sp³-hybridized carbons (Fsp3) is 0.304. The highest BCUT2D eigenvalue weighted by atomic mass is 32.1. The zero-order chi connectivity index (χ0) is 23.0. The van der Waals surface area contributed by atoms with Gasteiger partial charge in [0.1, 0.15) is 5.75 Å². The van der Waals surface area contributed by atoms with Gasteiger partial charge < -0.3 is 9.47 Å². The molecular formula is C23H24N4O4S. The van der Waals surface area contributed by atoms with Crippen LogP contribution in [0, 0.1) is 6.92 Å². The van der Waals surface area contributed by atoms with E-state index in [1.165, 1.54) is 18.4 Å². The quantitative estimate of drug-likeness (QED) is 0.552. The Morgan fingerprint density at radius 2 is 1.94 bits per heavy atom. The zero-order valence-electron chi connectivity index (χ0n) is 18.6. The maximum atomic E-state index is 13.5. The van der Waals surface area contributed by atoms with E-state index in [9.17, 15) is 9.59 Å². The summed E-state index contributed by atoms with van der Waals surface area (Å²) in [5.41, 5.74) is 3.14. The first kappa shape index (κ1) is 21.8. The SMILES string of the molecule is CCn1cc(/C=c2/sc3n(c2=O)[C@@H](c2ccc(OC)cc2)C(C(=O)OC)=C(C)N=3)c(C)n1. The standard InChI is InChI=1S/C23H24N4O4S/c1-6-26-12-16(13(2)25-26)11-18-21(28)27-20(15-7-9-17(30-4)10-8-15)19(22(29)31-5)14(3)24-23(27)32-18/h7-12,20H,6H2,1-5H3/b18-11+/t20-/m0/s1. The van der Waals surface area contributed by atoms with E-state index in [-0.39, 0.29) is 5.56 Å². The number of methoxy groups -OCH3 is 2. The Balaban J connectivity index is 1.95. The number of hydrogen-bond acceptors (Lipinski definition) is 7. The summed E-state index contributed by atoms with van der Waals surface area (Å²) in [5.74, 6) is 0.173. The predicted octanol–water partition coefficient (Wildman–Crippen LogP) is 1.94. The van der Waals surface area contributed by atoms with Crippen molar-refractivity contribution in [3.05, 3.63) is 78.2 Å². The number of carbonyl (C=O) groups is 1. The lowest BCUT2D eigenvalue weighted by atomic mass is 9.96. The maximum Gasteiger partial charge on any atom is 0.338 e. The Morgan fingerprint density at radius 3 is 2.53 bits per heavy atom. The van der Waals surface area contributed by atoms with Crippen molar-refractivity contribution in [2.45, 2.75) is 33.4 Å². The van der Waals surface area contributed by atoms with Crippen LogP contribution in [-0.4, -0.2) is 34.5 Å². The van der Waals surface area contributed by atoms with Gasteiger partial charge in [0.2, 0.25) is 0 Å². The van der Waals surface area contributed by atoms with Crippen LogP contribution in [0.4, 0.5) is 0 Å². The molecule has 3 aromatic rings. The molecule has 0 N–H and O–H groups in total. The van der Waals surface area contributed by atoms with Gasteiger partial charge in [-0.25, -0.2) is 9.79 Å². The van der Waals surface area contributed by atoms with E-state index in [0.717, 1.165) is 23.4 Å². The van der Waals surface area contributed by atoms with Gasteiger partial charge in [-0.05, 0) is 44.5 Å². The van der Waals surface area contributed by atoms with Crippen molar-refractivity contribution in [1.82, 2.24) is 14.3 Å². The van der Waals surface area contributed by atoms with E-state index in [1.54, 1.807) is 30.7 Å². The van der Waals surface area contributed by atoms with Crippen molar-refractivity contribution in [2.75, 3.05) is 14.2 Å². The number of rotatable bonds is 5. The molecular weight excluding hydrogens is 428 g/mol. The van der Waals surface area contributed by atoms with Crippen LogP contribution >= 0.6 is 11.3 Å². The average Bonchev–Trinajstić information content (AvgIpc) is 3.31. The summed E-state index contributed by atoms with van der Waals surface area (Å²) in [7, 11) is 2.91. The molecule has 0 saturated heterocycles. The Bertz CT molecular complexity index is 1390. The number of carbonyl (C=O) groups excluding carboxylic acids is 1. The van der Waals surface area contributed by atoms with Gasteiger partial charge in [-0.3, -0.25) is 14.0 Å². The highest BCUT2D eigenvalue weighted by Gasteiger charge is 2.33. The Kier molecular flexibility index (Phi) is 5.84. The van der Waals surface area contributed by atoms with Gasteiger partial charge in [-0.2, -0.15) is 5.10 Å². The molecule has 8 nitrogen and oxygen atoms in total. The lowest BCUT2D eigenvalue weighted by molar-refractivity contribution is -0.136. The highest BCUT2D eigenvalue weighted by molar-refractivity contribution is 7.07. The molecule has 2 aromatic heterocycles. The lowest BCUT2D eigenvalue weighted by Gasteiger charge is -2.24. The number of aryl methyl sites for hydroxylation is 2. The molecule has 1 aliphatic rings. The lowest BCUT2D eigenvalue weighted by Crippen LogP contribution is -2.39. The number of hydrogen-bond donors (Lipinski definition) is 0. The average molecular weight is 453 g/mol. The monoisotopic (exact) mass is 452 g/mol. The second kappa shape index (κ2) is 8.58. The number of ether oxygens (including phenoxy) is 2. The number of allylic oxidation sites excluding steroid dienone is 1. The molecule has 4 rings (SSSR count). The molecule has 1 aliphatic heterocycles. The van der Waals surface area contributed by atoms with E-state index < -0.39 is 12.0 Å². The summed E-state index contributed by atoms with van der Waals surface area (Å²) in [6.45, 7) is 6.43. The minimum Gasteiger partial charge on any atom is -0.497 e. The summed E-state index contributed by atoms with van der Waals surface area (Å²) >= 11 is 1.29. The Hall–Kier alpha value is -3.46. The van der Waals surface area contributed by atoms with Gasteiger partial charge in [0, 0.05) is 18.3 Å². The minimum absolute atomic E-state index is 0.216.